The zero-order valence-corrected chi connectivity index (χ0v) is 6.87. The molecule has 0 bridgehead atoms. The molecule has 0 atom stereocenters. The number of fused-ring (bicyclic) bond motifs is 3. The Balaban J connectivity index is 2.30. The van der Waals surface area contributed by atoms with E-state index in [4.69, 9.17) is 4.74 Å². The van der Waals surface area contributed by atoms with Crippen molar-refractivity contribution < 1.29 is 9.72 Å². The molecule has 0 aliphatic carbocycles. The molecule has 0 aromatic carbocycles. The van der Waals surface area contributed by atoms with Gasteiger partial charge in [-0.15, -0.1) is 0 Å². The predicted molar refractivity (Wildman–Crippen MR) is 44.9 cm³/mol. The second kappa shape index (κ2) is 2.32. The van der Waals surface area contributed by atoms with Gasteiger partial charge < -0.3 is 9.72 Å². The van der Waals surface area contributed by atoms with Crippen LogP contribution in [0.5, 0.6) is 5.75 Å². The highest BCUT2D eigenvalue weighted by molar-refractivity contribution is 5.69. The molecule has 64 valence electrons. The zero-order valence-electron chi connectivity index (χ0n) is 6.87. The van der Waals surface area contributed by atoms with Crippen LogP contribution in [0.1, 0.15) is 5.69 Å². The number of hydrogen-bond donors (Lipinski definition) is 1. The lowest BCUT2D eigenvalue weighted by atomic mass is 10.1. The smallest absolute Gasteiger partial charge is 0.210 e. The fourth-order valence-corrected chi connectivity index (χ4v) is 1.54. The summed E-state index contributed by atoms with van der Waals surface area (Å²) in [6, 6.07) is 1.97. The minimum Gasteiger partial charge on any atom is -0.480 e. The lowest BCUT2D eigenvalue weighted by Crippen LogP contribution is -2.09. The highest BCUT2D eigenvalue weighted by atomic mass is 16.5. The van der Waals surface area contributed by atoms with Gasteiger partial charge in [-0.2, -0.15) is 0 Å². The fraction of sp³-hybridized carbons (Fsp3) is 0.111. The third-order valence-corrected chi connectivity index (χ3v) is 2.17. The molecule has 0 fully saturated rings. The van der Waals surface area contributed by atoms with Gasteiger partial charge in [0.2, 0.25) is 6.20 Å². The largest absolute Gasteiger partial charge is 0.480 e. The molecule has 13 heavy (non-hydrogen) atoms. The summed E-state index contributed by atoms with van der Waals surface area (Å²) in [6.07, 6.45) is 5.40. The van der Waals surface area contributed by atoms with Crippen LogP contribution in [0.2, 0.25) is 0 Å². The molecule has 2 aromatic rings. The monoisotopic (exact) mass is 174 g/mol. The predicted octanol–water partition coefficient (Wildman–Crippen LogP) is 0.783. The van der Waals surface area contributed by atoms with E-state index in [2.05, 4.69) is 15.0 Å². The van der Waals surface area contributed by atoms with Crippen molar-refractivity contribution in [2.24, 2.45) is 0 Å². The van der Waals surface area contributed by atoms with Crippen molar-refractivity contribution in [2.75, 3.05) is 0 Å². The standard InChI is InChI=1S/C9H7N3O/c1-2-10-3-8-6(1)9-7(4-13-8)11-5-12-9/h1-3,5H,4H2,(H,11,12)/p+1. The molecule has 0 amide bonds. The molecule has 0 unspecified atom stereocenters. The van der Waals surface area contributed by atoms with E-state index < -0.39 is 0 Å². The summed E-state index contributed by atoms with van der Waals surface area (Å²) in [6.45, 7) is 0.570. The van der Waals surface area contributed by atoms with Crippen molar-refractivity contribution in [3.05, 3.63) is 30.5 Å². The Labute approximate surface area is 74.6 Å². The molecule has 0 saturated heterocycles. The van der Waals surface area contributed by atoms with Crippen molar-refractivity contribution in [1.82, 2.24) is 9.97 Å². The molecular formula is C9H8N3O+. The number of aromatic nitrogens is 3. The Kier molecular flexibility index (Phi) is 1.19. The topological polar surface area (TPSA) is 52.0 Å². The number of imidazole rings is 1. The first-order chi connectivity index (χ1) is 6.45. The van der Waals surface area contributed by atoms with Gasteiger partial charge in [-0.05, 0) is 0 Å². The third kappa shape index (κ3) is 0.853. The van der Waals surface area contributed by atoms with Crippen LogP contribution in [0.25, 0.3) is 11.3 Å². The average molecular weight is 174 g/mol. The number of hydrogen-bond acceptors (Lipinski definition) is 2. The first kappa shape index (κ1) is 6.65. The fourth-order valence-electron chi connectivity index (χ4n) is 1.54. The van der Waals surface area contributed by atoms with E-state index in [0.29, 0.717) is 6.61 Å². The summed E-state index contributed by atoms with van der Waals surface area (Å²) in [5.74, 6) is 0.863. The van der Waals surface area contributed by atoms with E-state index >= 15 is 0 Å². The maximum absolute atomic E-state index is 5.51. The van der Waals surface area contributed by atoms with Gasteiger partial charge in [0.25, 0.3) is 0 Å². The number of pyridine rings is 1. The molecule has 4 nitrogen and oxygen atoms in total. The van der Waals surface area contributed by atoms with Crippen LogP contribution in [0.3, 0.4) is 0 Å². The molecule has 2 N–H and O–H groups in total. The molecule has 1 aliphatic rings. The van der Waals surface area contributed by atoms with Crippen molar-refractivity contribution in [2.45, 2.75) is 6.61 Å². The number of nitrogens with zero attached hydrogens (tertiary/aromatic N) is 1. The first-order valence-corrected chi connectivity index (χ1v) is 4.10. The van der Waals surface area contributed by atoms with Crippen LogP contribution in [0.15, 0.2) is 24.8 Å². The van der Waals surface area contributed by atoms with Crippen LogP contribution >= 0.6 is 0 Å². The van der Waals surface area contributed by atoms with Crippen molar-refractivity contribution in [3.63, 3.8) is 0 Å². The van der Waals surface area contributed by atoms with E-state index in [1.807, 2.05) is 18.5 Å². The molecule has 3 rings (SSSR count). The van der Waals surface area contributed by atoms with Gasteiger partial charge in [-0.3, -0.25) is 0 Å². The Morgan fingerprint density at radius 1 is 1.54 bits per heavy atom. The lowest BCUT2D eigenvalue weighted by Gasteiger charge is -2.13. The van der Waals surface area contributed by atoms with Crippen LogP contribution in [-0.2, 0) is 6.61 Å². The molecule has 0 saturated carbocycles. The molecule has 0 spiro atoms. The number of nitrogens with one attached hydrogen (secondary N) is 2. The van der Waals surface area contributed by atoms with Gasteiger partial charge in [-0.25, -0.2) is 9.97 Å². The van der Waals surface area contributed by atoms with E-state index in [0.717, 1.165) is 22.7 Å². The van der Waals surface area contributed by atoms with E-state index in [1.54, 1.807) is 6.33 Å². The second-order valence-corrected chi connectivity index (χ2v) is 2.94. The highest BCUT2D eigenvalue weighted by Gasteiger charge is 2.20. The van der Waals surface area contributed by atoms with Crippen LogP contribution < -0.4 is 9.72 Å². The molecular weight excluding hydrogens is 166 g/mol. The summed E-state index contributed by atoms with van der Waals surface area (Å²) < 4.78 is 5.51. The molecule has 1 aliphatic heterocycles. The molecule has 0 radical (unpaired) electrons. The normalized spacial score (nSPS) is 12.9. The summed E-state index contributed by atoms with van der Waals surface area (Å²) in [4.78, 5) is 10.3. The minimum atomic E-state index is 0.570. The quantitative estimate of drug-likeness (QED) is 0.641. The summed E-state index contributed by atoms with van der Waals surface area (Å²) in [5.41, 5.74) is 3.08. The SMILES string of the molecule is c1nc2c([nH]1)COc1c[nH+]ccc1-2. The van der Waals surface area contributed by atoms with Crippen molar-refractivity contribution >= 4 is 0 Å². The average Bonchev–Trinajstić information content (AvgIpc) is 2.65. The zero-order chi connectivity index (χ0) is 8.67. The van der Waals surface area contributed by atoms with Gasteiger partial charge >= 0.3 is 0 Å². The maximum Gasteiger partial charge on any atom is 0.210 e. The first-order valence-electron chi connectivity index (χ1n) is 4.10. The molecule has 4 heteroatoms. The summed E-state index contributed by atoms with van der Waals surface area (Å²) >= 11 is 0. The van der Waals surface area contributed by atoms with Crippen LogP contribution in [0.4, 0.5) is 0 Å². The van der Waals surface area contributed by atoms with Crippen LogP contribution in [-0.4, -0.2) is 9.97 Å². The van der Waals surface area contributed by atoms with E-state index in [9.17, 15) is 0 Å². The Hall–Kier alpha value is -1.84. The third-order valence-electron chi connectivity index (χ3n) is 2.17. The Morgan fingerprint density at radius 2 is 2.54 bits per heavy atom. The van der Waals surface area contributed by atoms with Gasteiger partial charge in [0.1, 0.15) is 6.61 Å². The number of ether oxygens (including phenoxy) is 1. The number of aromatic amines is 2. The van der Waals surface area contributed by atoms with Gasteiger partial charge in [0.05, 0.1) is 23.3 Å². The number of rotatable bonds is 0. The lowest BCUT2D eigenvalue weighted by molar-refractivity contribution is -0.379. The summed E-state index contributed by atoms with van der Waals surface area (Å²) in [7, 11) is 0. The minimum absolute atomic E-state index is 0.570. The van der Waals surface area contributed by atoms with Crippen molar-refractivity contribution in [3.8, 4) is 17.0 Å². The summed E-state index contributed by atoms with van der Waals surface area (Å²) in [5, 5.41) is 0. The van der Waals surface area contributed by atoms with E-state index in [1.165, 1.54) is 0 Å². The molecule has 3 heterocycles. The van der Waals surface area contributed by atoms with Gasteiger partial charge in [-0.1, -0.05) is 0 Å². The Bertz CT molecular complexity index is 450. The maximum atomic E-state index is 5.51. The van der Waals surface area contributed by atoms with Crippen LogP contribution in [0, 0.1) is 0 Å². The van der Waals surface area contributed by atoms with Crippen molar-refractivity contribution in [1.29, 1.82) is 0 Å². The highest BCUT2D eigenvalue weighted by Crippen LogP contribution is 2.33. The molecule has 2 aromatic heterocycles. The Morgan fingerprint density at radius 3 is 3.54 bits per heavy atom. The second-order valence-electron chi connectivity index (χ2n) is 2.94. The number of H-pyrrole nitrogens is 2. The van der Waals surface area contributed by atoms with E-state index in [-0.39, 0.29) is 0 Å². The van der Waals surface area contributed by atoms with Gasteiger partial charge in [0.15, 0.2) is 11.9 Å². The van der Waals surface area contributed by atoms with Gasteiger partial charge in [0, 0.05) is 6.07 Å².